The maximum Gasteiger partial charge on any atom is 0.410 e. The summed E-state index contributed by atoms with van der Waals surface area (Å²) in [5.74, 6) is 0.340. The Bertz CT molecular complexity index is 1030. The largest absolute Gasteiger partial charge is 0.444 e. The Balaban J connectivity index is 1.67. The molecule has 2 aromatic heterocycles. The van der Waals surface area contributed by atoms with Gasteiger partial charge < -0.3 is 20.1 Å². The normalized spacial score (nSPS) is 15.4. The van der Waals surface area contributed by atoms with E-state index >= 15 is 0 Å². The van der Waals surface area contributed by atoms with E-state index in [4.69, 9.17) is 20.3 Å². The number of carbonyl (C=O) groups is 1. The van der Waals surface area contributed by atoms with Crippen LogP contribution in [0.3, 0.4) is 0 Å². The van der Waals surface area contributed by atoms with Crippen LogP contribution in [0.25, 0.3) is 11.3 Å². The van der Waals surface area contributed by atoms with Crippen molar-refractivity contribution in [2.45, 2.75) is 77.7 Å². The number of rotatable bonds is 7. The van der Waals surface area contributed by atoms with Crippen LogP contribution in [0.1, 0.15) is 45.2 Å². The third kappa shape index (κ3) is 6.61. The minimum atomic E-state index is -1.14. The van der Waals surface area contributed by atoms with E-state index in [0.717, 1.165) is 11.6 Å². The van der Waals surface area contributed by atoms with Crippen LogP contribution in [-0.2, 0) is 16.2 Å². The van der Waals surface area contributed by atoms with Gasteiger partial charge in [0, 0.05) is 39.5 Å². The molecule has 0 aromatic carbocycles. The number of piperidine rings is 1. The van der Waals surface area contributed by atoms with Gasteiger partial charge in [-0.2, -0.15) is 15.5 Å². The number of nitrogen functional groups attached to an aromatic ring is 1. The lowest BCUT2D eigenvalue weighted by Crippen LogP contribution is -2.42. The molecule has 1 aliphatic rings. The molecule has 0 saturated carbocycles. The number of nitrogens with two attached hydrogens (primary N) is 1. The van der Waals surface area contributed by atoms with E-state index in [9.17, 15) is 10.1 Å². The molecule has 186 valence electrons. The van der Waals surface area contributed by atoms with Crippen LogP contribution in [-0.4, -0.2) is 63.9 Å². The van der Waals surface area contributed by atoms with Gasteiger partial charge in [-0.1, -0.05) is 19.6 Å². The van der Waals surface area contributed by atoms with Crippen LogP contribution in [0.2, 0.25) is 25.7 Å². The summed E-state index contributed by atoms with van der Waals surface area (Å²) in [6, 6.07) is 3.29. The molecule has 0 spiro atoms. The molecule has 1 amide bonds. The highest BCUT2D eigenvalue weighted by Gasteiger charge is 2.30. The van der Waals surface area contributed by atoms with Gasteiger partial charge >= 0.3 is 6.09 Å². The first kappa shape index (κ1) is 25.8. The molecule has 0 atom stereocenters. The number of nitrogens with zero attached hydrogens (tertiary/aromatic N) is 6. The van der Waals surface area contributed by atoms with E-state index in [1.54, 1.807) is 20.5 Å². The fourth-order valence-corrected chi connectivity index (χ4v) is 4.51. The van der Waals surface area contributed by atoms with Gasteiger partial charge in [0.05, 0.1) is 12.2 Å². The average molecular weight is 488 g/mol. The number of likely N-dealkylation sites (tertiary alicyclic amines) is 1. The van der Waals surface area contributed by atoms with Gasteiger partial charge in [-0.3, -0.25) is 0 Å². The molecule has 0 unspecified atom stereocenters. The summed E-state index contributed by atoms with van der Waals surface area (Å²) in [6.07, 6.45) is 4.56. The Kier molecular flexibility index (Phi) is 7.73. The van der Waals surface area contributed by atoms with E-state index < -0.39 is 13.7 Å². The van der Waals surface area contributed by atoms with Gasteiger partial charge in [0.25, 0.3) is 0 Å². The maximum absolute atomic E-state index is 12.4. The van der Waals surface area contributed by atoms with Crippen molar-refractivity contribution in [2.75, 3.05) is 25.4 Å². The molecular weight excluding hydrogens is 450 g/mol. The van der Waals surface area contributed by atoms with Gasteiger partial charge in [-0.15, -0.1) is 0 Å². The molecule has 34 heavy (non-hydrogen) atoms. The first-order chi connectivity index (χ1) is 15.9. The zero-order chi connectivity index (χ0) is 25.1. The molecule has 0 radical (unpaired) electrons. The molecule has 1 fully saturated rings. The van der Waals surface area contributed by atoms with E-state index in [1.807, 2.05) is 27.0 Å². The Hall–Kier alpha value is -2.84. The van der Waals surface area contributed by atoms with Crippen molar-refractivity contribution in [3.63, 3.8) is 0 Å². The van der Waals surface area contributed by atoms with Gasteiger partial charge in [-0.05, 0) is 39.7 Å². The Morgan fingerprint density at radius 2 is 1.97 bits per heavy atom. The molecule has 11 heteroatoms. The number of nitriles is 1. The summed E-state index contributed by atoms with van der Waals surface area (Å²) in [4.78, 5) is 14.1. The Morgan fingerprint density at radius 1 is 1.29 bits per heavy atom. The smallest absolute Gasteiger partial charge is 0.410 e. The fourth-order valence-electron chi connectivity index (χ4n) is 3.75. The van der Waals surface area contributed by atoms with Crippen molar-refractivity contribution >= 4 is 20.0 Å². The Labute approximate surface area is 202 Å². The molecule has 2 aromatic rings. The van der Waals surface area contributed by atoms with Gasteiger partial charge in [0.2, 0.25) is 0 Å². The van der Waals surface area contributed by atoms with E-state index in [2.05, 4.69) is 30.8 Å². The summed E-state index contributed by atoms with van der Waals surface area (Å²) in [7, 11) is -1.14. The Morgan fingerprint density at radius 3 is 2.56 bits per heavy atom. The minimum Gasteiger partial charge on any atom is -0.444 e. The number of aromatic nitrogens is 4. The molecule has 0 aliphatic carbocycles. The minimum absolute atomic E-state index is 0.000482. The van der Waals surface area contributed by atoms with Crippen molar-refractivity contribution in [1.82, 2.24) is 24.5 Å². The third-order valence-electron chi connectivity index (χ3n) is 5.65. The number of ether oxygens (including phenoxy) is 2. The molecule has 1 saturated heterocycles. The first-order valence-electron chi connectivity index (χ1n) is 11.7. The van der Waals surface area contributed by atoms with Crippen LogP contribution in [0.4, 0.5) is 10.6 Å². The summed E-state index contributed by atoms with van der Waals surface area (Å²) in [5.41, 5.74) is 7.39. The quantitative estimate of drug-likeness (QED) is 0.461. The van der Waals surface area contributed by atoms with Crippen LogP contribution in [0.15, 0.2) is 12.4 Å². The predicted octanol–water partition coefficient (Wildman–Crippen LogP) is 4.08. The average Bonchev–Trinajstić information content (AvgIpc) is 3.33. The maximum atomic E-state index is 12.4. The highest BCUT2D eigenvalue weighted by molar-refractivity contribution is 6.76. The number of carbonyl (C=O) groups excluding carboxylic acids is 1. The SMILES string of the molecule is CC(C)(C)OC(=O)N1CCC(n2nc(-c3cnn(COCC[Si](C)(C)C)c3)c(C#N)c2N)CC1. The monoisotopic (exact) mass is 487 g/mol. The molecule has 1 aliphatic heterocycles. The van der Waals surface area contributed by atoms with Crippen LogP contribution >= 0.6 is 0 Å². The summed E-state index contributed by atoms with van der Waals surface area (Å²) >= 11 is 0. The number of hydrogen-bond acceptors (Lipinski definition) is 7. The van der Waals surface area contributed by atoms with E-state index in [1.165, 1.54) is 0 Å². The van der Waals surface area contributed by atoms with Crippen molar-refractivity contribution < 1.29 is 14.3 Å². The van der Waals surface area contributed by atoms with Crippen molar-refractivity contribution in [3.05, 3.63) is 18.0 Å². The number of anilines is 1. The predicted molar refractivity (Wildman–Crippen MR) is 133 cm³/mol. The zero-order valence-corrected chi connectivity index (χ0v) is 22.2. The highest BCUT2D eigenvalue weighted by atomic mass is 28.3. The lowest BCUT2D eigenvalue weighted by Gasteiger charge is -2.33. The first-order valence-corrected chi connectivity index (χ1v) is 15.5. The van der Waals surface area contributed by atoms with Crippen LogP contribution in [0.5, 0.6) is 0 Å². The fraction of sp³-hybridized carbons (Fsp3) is 0.652. The number of amides is 1. The molecule has 10 nitrogen and oxygen atoms in total. The summed E-state index contributed by atoms with van der Waals surface area (Å²) in [6.45, 7) is 14.7. The molecule has 3 rings (SSSR count). The lowest BCUT2D eigenvalue weighted by molar-refractivity contribution is 0.0185. The summed E-state index contributed by atoms with van der Waals surface area (Å²) in [5, 5.41) is 18.8. The number of hydrogen-bond donors (Lipinski definition) is 1. The van der Waals surface area contributed by atoms with Crippen molar-refractivity contribution in [3.8, 4) is 17.3 Å². The lowest BCUT2D eigenvalue weighted by atomic mass is 10.1. The highest BCUT2D eigenvalue weighted by Crippen LogP contribution is 2.32. The second-order valence-corrected chi connectivity index (χ2v) is 16.6. The van der Waals surface area contributed by atoms with E-state index in [0.29, 0.717) is 56.3 Å². The standard InChI is InChI=1S/C23H37N7O3Si/c1-23(2,3)33-22(31)28-9-7-18(8-10-28)30-21(25)19(13-24)20(27-30)17-14-26-29(15-17)16-32-11-12-34(4,5)6/h14-15,18H,7-12,16,25H2,1-6H3. The molecule has 0 bridgehead atoms. The summed E-state index contributed by atoms with van der Waals surface area (Å²) < 4.78 is 14.7. The molecule has 2 N–H and O–H groups in total. The van der Waals surface area contributed by atoms with Crippen molar-refractivity contribution in [1.29, 1.82) is 5.26 Å². The second-order valence-electron chi connectivity index (χ2n) is 11.0. The topological polar surface area (TPSA) is 124 Å². The van der Waals surface area contributed by atoms with Crippen LogP contribution in [0, 0.1) is 11.3 Å². The second kappa shape index (κ2) is 10.2. The van der Waals surface area contributed by atoms with E-state index in [-0.39, 0.29) is 12.1 Å². The van der Waals surface area contributed by atoms with Gasteiger partial charge in [0.15, 0.2) is 0 Å². The molecule has 3 heterocycles. The van der Waals surface area contributed by atoms with Gasteiger partial charge in [0.1, 0.15) is 35.5 Å². The molecular formula is C23H37N7O3Si. The van der Waals surface area contributed by atoms with Gasteiger partial charge in [-0.25, -0.2) is 14.2 Å². The third-order valence-corrected chi connectivity index (χ3v) is 7.35. The van der Waals surface area contributed by atoms with Crippen molar-refractivity contribution in [2.24, 2.45) is 0 Å². The zero-order valence-electron chi connectivity index (χ0n) is 21.2. The van der Waals surface area contributed by atoms with Crippen LogP contribution < -0.4 is 5.73 Å².